The topological polar surface area (TPSA) is 51.2 Å². The maximum Gasteiger partial charge on any atom is 0.257 e. The van der Waals surface area contributed by atoms with Gasteiger partial charge in [0.15, 0.2) is 5.13 Å². The van der Waals surface area contributed by atoms with Gasteiger partial charge >= 0.3 is 0 Å². The lowest BCUT2D eigenvalue weighted by atomic mass is 10.2. The number of anilines is 1. The summed E-state index contributed by atoms with van der Waals surface area (Å²) < 4.78 is 5.58. The third-order valence-electron chi connectivity index (χ3n) is 2.61. The van der Waals surface area contributed by atoms with Gasteiger partial charge in [0.25, 0.3) is 5.91 Å². The van der Waals surface area contributed by atoms with E-state index in [0.717, 1.165) is 11.4 Å². The van der Waals surface area contributed by atoms with Crippen molar-refractivity contribution in [1.29, 1.82) is 0 Å². The maximum absolute atomic E-state index is 12.1. The van der Waals surface area contributed by atoms with E-state index in [1.165, 1.54) is 11.3 Å². The molecule has 2 aromatic rings. The van der Waals surface area contributed by atoms with Crippen molar-refractivity contribution in [3.8, 4) is 5.75 Å². The fraction of sp³-hybridized carbons (Fsp3) is 0.333. The first-order valence-electron chi connectivity index (χ1n) is 6.63. The van der Waals surface area contributed by atoms with E-state index < -0.39 is 0 Å². The van der Waals surface area contributed by atoms with Crippen molar-refractivity contribution < 1.29 is 9.53 Å². The molecule has 0 aliphatic carbocycles. The number of alkyl halides is 1. The highest BCUT2D eigenvalue weighted by Crippen LogP contribution is 2.19. The molecule has 2 rings (SSSR count). The summed E-state index contributed by atoms with van der Waals surface area (Å²) in [6, 6.07) is 7.06. The number of carbonyl (C=O) groups is 1. The van der Waals surface area contributed by atoms with Gasteiger partial charge < -0.3 is 4.74 Å². The van der Waals surface area contributed by atoms with Crippen LogP contribution >= 0.6 is 22.9 Å². The summed E-state index contributed by atoms with van der Waals surface area (Å²) in [7, 11) is 0. The van der Waals surface area contributed by atoms with Crippen molar-refractivity contribution in [3.63, 3.8) is 0 Å². The van der Waals surface area contributed by atoms with Crippen LogP contribution in [0.4, 0.5) is 5.13 Å². The standard InChI is InChI=1S/C15H17ClN2O2S/c1-10(2)8-20-13-5-3-11(4-6-13)14(19)18-15-17-12(7-16)9-21-15/h3-6,9-10H,7-8H2,1-2H3,(H,17,18,19). The highest BCUT2D eigenvalue weighted by molar-refractivity contribution is 7.14. The summed E-state index contributed by atoms with van der Waals surface area (Å²) in [6.45, 7) is 4.84. The van der Waals surface area contributed by atoms with E-state index in [-0.39, 0.29) is 5.91 Å². The number of ether oxygens (including phenoxy) is 1. The van der Waals surface area contributed by atoms with E-state index in [1.54, 1.807) is 24.3 Å². The van der Waals surface area contributed by atoms with Gasteiger partial charge in [0.1, 0.15) is 5.75 Å². The summed E-state index contributed by atoms with van der Waals surface area (Å²) in [5.74, 6) is 1.38. The molecule has 0 aliphatic rings. The van der Waals surface area contributed by atoms with Crippen LogP contribution in [0.25, 0.3) is 0 Å². The lowest BCUT2D eigenvalue weighted by molar-refractivity contribution is 0.102. The van der Waals surface area contributed by atoms with Crippen LogP contribution < -0.4 is 10.1 Å². The number of thiazole rings is 1. The van der Waals surface area contributed by atoms with E-state index >= 15 is 0 Å². The highest BCUT2D eigenvalue weighted by Gasteiger charge is 2.09. The molecule has 0 spiro atoms. The number of rotatable bonds is 6. The summed E-state index contributed by atoms with van der Waals surface area (Å²) in [5.41, 5.74) is 1.32. The predicted molar refractivity (Wildman–Crippen MR) is 86.4 cm³/mol. The van der Waals surface area contributed by atoms with Crippen LogP contribution in [-0.4, -0.2) is 17.5 Å². The molecule has 0 radical (unpaired) electrons. The Kier molecular flexibility index (Phi) is 5.59. The first-order valence-corrected chi connectivity index (χ1v) is 8.04. The Morgan fingerprint density at radius 3 is 2.67 bits per heavy atom. The van der Waals surface area contributed by atoms with Crippen LogP contribution in [0.5, 0.6) is 5.75 Å². The second-order valence-electron chi connectivity index (χ2n) is 4.96. The molecule has 21 heavy (non-hydrogen) atoms. The monoisotopic (exact) mass is 324 g/mol. The number of amides is 1. The van der Waals surface area contributed by atoms with E-state index in [4.69, 9.17) is 16.3 Å². The fourth-order valence-electron chi connectivity index (χ4n) is 1.56. The zero-order valence-electron chi connectivity index (χ0n) is 11.9. The minimum Gasteiger partial charge on any atom is -0.493 e. The molecular formula is C15H17ClN2O2S. The minimum absolute atomic E-state index is 0.194. The maximum atomic E-state index is 12.1. The molecule has 0 bridgehead atoms. The number of halogens is 1. The Bertz CT molecular complexity index is 596. The number of hydrogen-bond donors (Lipinski definition) is 1. The number of benzene rings is 1. The van der Waals surface area contributed by atoms with Gasteiger partial charge in [-0.3, -0.25) is 10.1 Å². The van der Waals surface area contributed by atoms with Crippen molar-refractivity contribution in [3.05, 3.63) is 40.9 Å². The quantitative estimate of drug-likeness (QED) is 0.811. The fourth-order valence-corrected chi connectivity index (χ4v) is 2.49. The Morgan fingerprint density at radius 1 is 1.38 bits per heavy atom. The van der Waals surface area contributed by atoms with E-state index in [2.05, 4.69) is 24.1 Å². The number of nitrogens with zero attached hydrogens (tertiary/aromatic N) is 1. The van der Waals surface area contributed by atoms with Crippen LogP contribution in [0.1, 0.15) is 29.9 Å². The third kappa shape index (κ3) is 4.72. The summed E-state index contributed by atoms with van der Waals surface area (Å²) in [4.78, 5) is 16.3. The smallest absolute Gasteiger partial charge is 0.257 e. The van der Waals surface area contributed by atoms with Crippen molar-refractivity contribution in [2.75, 3.05) is 11.9 Å². The van der Waals surface area contributed by atoms with Crippen LogP contribution in [0.15, 0.2) is 29.6 Å². The predicted octanol–water partition coefficient (Wildman–Crippen LogP) is 4.17. The molecule has 4 nitrogen and oxygen atoms in total. The average molecular weight is 325 g/mol. The van der Waals surface area contributed by atoms with Crippen molar-refractivity contribution >= 4 is 34.0 Å². The van der Waals surface area contributed by atoms with Crippen molar-refractivity contribution in [2.24, 2.45) is 5.92 Å². The van der Waals surface area contributed by atoms with Crippen LogP contribution in [-0.2, 0) is 5.88 Å². The molecule has 0 saturated carbocycles. The van der Waals surface area contributed by atoms with Gasteiger partial charge in [-0.15, -0.1) is 22.9 Å². The SMILES string of the molecule is CC(C)COc1ccc(C(=O)Nc2nc(CCl)cs2)cc1. The molecule has 0 fully saturated rings. The molecule has 1 aromatic heterocycles. The molecule has 0 saturated heterocycles. The van der Waals surface area contributed by atoms with Crippen molar-refractivity contribution in [2.45, 2.75) is 19.7 Å². The molecule has 0 unspecified atom stereocenters. The van der Waals surface area contributed by atoms with Crippen LogP contribution in [0.2, 0.25) is 0 Å². The van der Waals surface area contributed by atoms with Gasteiger partial charge in [0.05, 0.1) is 18.2 Å². The first-order chi connectivity index (χ1) is 10.1. The zero-order chi connectivity index (χ0) is 15.2. The van der Waals surface area contributed by atoms with Crippen molar-refractivity contribution in [1.82, 2.24) is 4.98 Å². The molecule has 0 aliphatic heterocycles. The van der Waals surface area contributed by atoms with E-state index in [1.807, 2.05) is 5.38 Å². The zero-order valence-corrected chi connectivity index (χ0v) is 13.5. The normalized spacial score (nSPS) is 10.7. The van der Waals surface area contributed by atoms with Gasteiger partial charge in [-0.25, -0.2) is 4.98 Å². The Hall–Kier alpha value is -1.59. The second kappa shape index (κ2) is 7.43. The Labute approximate surface area is 133 Å². The van der Waals surface area contributed by atoms with Gasteiger partial charge in [-0.05, 0) is 30.2 Å². The number of nitrogens with one attached hydrogen (secondary N) is 1. The molecule has 0 atom stereocenters. The summed E-state index contributed by atoms with van der Waals surface area (Å²) >= 11 is 7.04. The lowest BCUT2D eigenvalue weighted by Crippen LogP contribution is -2.11. The highest BCUT2D eigenvalue weighted by atomic mass is 35.5. The van der Waals surface area contributed by atoms with Crippen LogP contribution in [0.3, 0.4) is 0 Å². The van der Waals surface area contributed by atoms with E-state index in [9.17, 15) is 4.79 Å². The number of carbonyl (C=O) groups excluding carboxylic acids is 1. The molecule has 1 heterocycles. The molecule has 1 N–H and O–H groups in total. The lowest BCUT2D eigenvalue weighted by Gasteiger charge is -2.09. The number of hydrogen-bond acceptors (Lipinski definition) is 4. The Morgan fingerprint density at radius 2 is 2.10 bits per heavy atom. The minimum atomic E-state index is -0.194. The third-order valence-corrected chi connectivity index (χ3v) is 3.69. The second-order valence-corrected chi connectivity index (χ2v) is 6.09. The van der Waals surface area contributed by atoms with Gasteiger partial charge in [-0.2, -0.15) is 0 Å². The molecule has 6 heteroatoms. The molecule has 1 amide bonds. The first kappa shape index (κ1) is 15.8. The van der Waals surface area contributed by atoms with Crippen LogP contribution in [0, 0.1) is 5.92 Å². The molecule has 112 valence electrons. The van der Waals surface area contributed by atoms with Gasteiger partial charge in [0, 0.05) is 10.9 Å². The molecule has 1 aromatic carbocycles. The average Bonchev–Trinajstić information content (AvgIpc) is 2.93. The summed E-state index contributed by atoms with van der Waals surface area (Å²) in [6.07, 6.45) is 0. The van der Waals surface area contributed by atoms with Gasteiger partial charge in [0.2, 0.25) is 0 Å². The molecular weight excluding hydrogens is 308 g/mol. The summed E-state index contributed by atoms with van der Waals surface area (Å²) in [5, 5.41) is 5.13. The Balaban J connectivity index is 1.96. The largest absolute Gasteiger partial charge is 0.493 e. The van der Waals surface area contributed by atoms with E-state index in [0.29, 0.717) is 29.1 Å². The number of aromatic nitrogens is 1. The van der Waals surface area contributed by atoms with Gasteiger partial charge in [-0.1, -0.05) is 13.8 Å².